The molecule has 2 aliphatic rings. The third-order valence-corrected chi connectivity index (χ3v) is 3.58. The number of carbonyl (C=O) groups is 1. The highest BCUT2D eigenvalue weighted by atomic mass is 16.5. The van der Waals surface area contributed by atoms with E-state index in [0.717, 1.165) is 32.5 Å². The van der Waals surface area contributed by atoms with Crippen molar-refractivity contribution < 1.29 is 9.53 Å². The molecule has 3 unspecified atom stereocenters. The summed E-state index contributed by atoms with van der Waals surface area (Å²) in [6.07, 6.45) is 1.92. The van der Waals surface area contributed by atoms with Gasteiger partial charge in [0.15, 0.2) is 0 Å². The second-order valence-electron chi connectivity index (χ2n) is 5.55. The van der Waals surface area contributed by atoms with Crippen LogP contribution in [0.1, 0.15) is 26.7 Å². The first kappa shape index (κ1) is 11.9. The highest BCUT2D eigenvalue weighted by Gasteiger charge is 2.34. The van der Waals surface area contributed by atoms with Gasteiger partial charge in [0, 0.05) is 13.2 Å². The normalized spacial score (nSPS) is 39.6. The van der Waals surface area contributed by atoms with Gasteiger partial charge in [0.2, 0.25) is 5.91 Å². The van der Waals surface area contributed by atoms with E-state index < -0.39 is 0 Å². The number of rotatable bonds is 2. The largest absolute Gasteiger partial charge is 0.379 e. The van der Waals surface area contributed by atoms with Gasteiger partial charge in [0.25, 0.3) is 0 Å². The van der Waals surface area contributed by atoms with Crippen LogP contribution in [0.3, 0.4) is 0 Å². The van der Waals surface area contributed by atoms with E-state index in [4.69, 9.17) is 4.74 Å². The fourth-order valence-corrected chi connectivity index (χ4v) is 2.52. The standard InChI is InChI=1S/C12H22N2O2/c1-9-5-10(7-13-6-9)11(15)14-12(2)3-4-16-8-12/h9-10,13H,3-8H2,1-2H3,(H,14,15). The van der Waals surface area contributed by atoms with E-state index in [1.807, 2.05) is 0 Å². The number of hydrogen-bond donors (Lipinski definition) is 2. The fourth-order valence-electron chi connectivity index (χ4n) is 2.52. The molecule has 1 amide bonds. The first-order valence-electron chi connectivity index (χ1n) is 6.19. The third-order valence-electron chi connectivity index (χ3n) is 3.58. The molecular formula is C12H22N2O2. The summed E-state index contributed by atoms with van der Waals surface area (Å²) < 4.78 is 5.34. The van der Waals surface area contributed by atoms with E-state index in [-0.39, 0.29) is 17.4 Å². The Morgan fingerprint density at radius 3 is 2.94 bits per heavy atom. The van der Waals surface area contributed by atoms with Crippen LogP contribution in [0.15, 0.2) is 0 Å². The lowest BCUT2D eigenvalue weighted by molar-refractivity contribution is -0.127. The molecule has 2 aliphatic heterocycles. The summed E-state index contributed by atoms with van der Waals surface area (Å²) in [5, 5.41) is 6.45. The van der Waals surface area contributed by atoms with Crippen molar-refractivity contribution in [3.63, 3.8) is 0 Å². The molecule has 16 heavy (non-hydrogen) atoms. The number of carbonyl (C=O) groups excluding carboxylic acids is 1. The van der Waals surface area contributed by atoms with E-state index >= 15 is 0 Å². The molecule has 0 aromatic carbocycles. The van der Waals surface area contributed by atoms with Gasteiger partial charge >= 0.3 is 0 Å². The van der Waals surface area contributed by atoms with Crippen LogP contribution >= 0.6 is 0 Å². The third kappa shape index (κ3) is 2.74. The van der Waals surface area contributed by atoms with Crippen LogP contribution in [0.4, 0.5) is 0 Å². The molecule has 2 fully saturated rings. The first-order chi connectivity index (χ1) is 7.59. The van der Waals surface area contributed by atoms with Gasteiger partial charge in [-0.1, -0.05) is 6.92 Å². The molecule has 2 N–H and O–H groups in total. The van der Waals surface area contributed by atoms with Crippen molar-refractivity contribution in [3.8, 4) is 0 Å². The second kappa shape index (κ2) is 4.72. The molecule has 0 saturated carbocycles. The predicted molar refractivity (Wildman–Crippen MR) is 62.1 cm³/mol. The maximum atomic E-state index is 12.1. The summed E-state index contributed by atoms with van der Waals surface area (Å²) in [4.78, 5) is 12.1. The molecular weight excluding hydrogens is 204 g/mol. The molecule has 0 aromatic heterocycles. The van der Waals surface area contributed by atoms with Gasteiger partial charge in [-0.3, -0.25) is 4.79 Å². The maximum absolute atomic E-state index is 12.1. The first-order valence-corrected chi connectivity index (χ1v) is 6.19. The van der Waals surface area contributed by atoms with Crippen molar-refractivity contribution >= 4 is 5.91 Å². The quantitative estimate of drug-likeness (QED) is 0.722. The zero-order chi connectivity index (χ0) is 11.6. The summed E-state index contributed by atoms with van der Waals surface area (Å²) in [5.74, 6) is 0.908. The van der Waals surface area contributed by atoms with Gasteiger partial charge < -0.3 is 15.4 Å². The minimum Gasteiger partial charge on any atom is -0.379 e. The molecule has 0 spiro atoms. The van der Waals surface area contributed by atoms with Gasteiger partial charge in [0.05, 0.1) is 18.1 Å². The van der Waals surface area contributed by atoms with Crippen molar-refractivity contribution in [1.29, 1.82) is 0 Å². The average molecular weight is 226 g/mol. The molecule has 0 aliphatic carbocycles. The molecule has 2 saturated heterocycles. The van der Waals surface area contributed by atoms with Crippen LogP contribution in [0.5, 0.6) is 0 Å². The average Bonchev–Trinajstić information content (AvgIpc) is 2.65. The Balaban J connectivity index is 1.87. The highest BCUT2D eigenvalue weighted by molar-refractivity contribution is 5.79. The summed E-state index contributed by atoms with van der Waals surface area (Å²) in [6.45, 7) is 7.51. The van der Waals surface area contributed by atoms with Crippen molar-refractivity contribution in [2.45, 2.75) is 32.2 Å². The molecule has 4 heteroatoms. The molecule has 4 nitrogen and oxygen atoms in total. The summed E-state index contributed by atoms with van der Waals surface area (Å²) >= 11 is 0. The number of ether oxygens (including phenoxy) is 1. The predicted octanol–water partition coefficient (Wildman–Crippen LogP) is 0.527. The van der Waals surface area contributed by atoms with Gasteiger partial charge in [-0.2, -0.15) is 0 Å². The zero-order valence-electron chi connectivity index (χ0n) is 10.2. The molecule has 2 rings (SSSR count). The minimum absolute atomic E-state index is 0.126. The summed E-state index contributed by atoms with van der Waals surface area (Å²) in [5.41, 5.74) is -0.141. The Bertz CT molecular complexity index is 262. The Labute approximate surface area is 97.1 Å². The van der Waals surface area contributed by atoms with E-state index in [2.05, 4.69) is 24.5 Å². The van der Waals surface area contributed by atoms with Crippen molar-refractivity contribution in [3.05, 3.63) is 0 Å². The Kier molecular flexibility index (Phi) is 3.50. The molecule has 0 aromatic rings. The van der Waals surface area contributed by atoms with E-state index in [1.165, 1.54) is 0 Å². The van der Waals surface area contributed by atoms with Gasteiger partial charge in [-0.25, -0.2) is 0 Å². The topological polar surface area (TPSA) is 50.4 Å². The lowest BCUT2D eigenvalue weighted by Gasteiger charge is -2.31. The summed E-state index contributed by atoms with van der Waals surface area (Å²) in [7, 11) is 0. The van der Waals surface area contributed by atoms with Crippen molar-refractivity contribution in [2.75, 3.05) is 26.3 Å². The Hall–Kier alpha value is -0.610. The number of amides is 1. The Morgan fingerprint density at radius 1 is 1.50 bits per heavy atom. The van der Waals surface area contributed by atoms with Crippen LogP contribution in [0.2, 0.25) is 0 Å². The van der Waals surface area contributed by atoms with Crippen LogP contribution in [0.25, 0.3) is 0 Å². The molecule has 0 bridgehead atoms. The highest BCUT2D eigenvalue weighted by Crippen LogP contribution is 2.21. The molecule has 0 radical (unpaired) electrons. The van der Waals surface area contributed by atoms with Crippen LogP contribution in [-0.4, -0.2) is 37.7 Å². The number of nitrogens with one attached hydrogen (secondary N) is 2. The molecule has 3 atom stereocenters. The molecule has 2 heterocycles. The Morgan fingerprint density at radius 2 is 2.31 bits per heavy atom. The van der Waals surface area contributed by atoms with Gasteiger partial charge in [-0.15, -0.1) is 0 Å². The van der Waals surface area contributed by atoms with Crippen LogP contribution in [0, 0.1) is 11.8 Å². The lowest BCUT2D eigenvalue weighted by Crippen LogP contribution is -2.52. The zero-order valence-corrected chi connectivity index (χ0v) is 10.2. The maximum Gasteiger partial charge on any atom is 0.224 e. The fraction of sp³-hybridized carbons (Fsp3) is 0.917. The van der Waals surface area contributed by atoms with Gasteiger partial charge in [-0.05, 0) is 32.2 Å². The monoisotopic (exact) mass is 226 g/mol. The molecule has 92 valence electrons. The van der Waals surface area contributed by atoms with E-state index in [0.29, 0.717) is 12.5 Å². The van der Waals surface area contributed by atoms with E-state index in [9.17, 15) is 4.79 Å². The summed E-state index contributed by atoms with van der Waals surface area (Å²) in [6, 6.07) is 0. The van der Waals surface area contributed by atoms with E-state index in [1.54, 1.807) is 0 Å². The van der Waals surface area contributed by atoms with Crippen LogP contribution < -0.4 is 10.6 Å². The van der Waals surface area contributed by atoms with Crippen LogP contribution in [-0.2, 0) is 9.53 Å². The van der Waals surface area contributed by atoms with Crippen molar-refractivity contribution in [2.24, 2.45) is 11.8 Å². The lowest BCUT2D eigenvalue weighted by atomic mass is 9.90. The van der Waals surface area contributed by atoms with Gasteiger partial charge in [0.1, 0.15) is 0 Å². The SMILES string of the molecule is CC1CNCC(C(=O)NC2(C)CCOC2)C1. The van der Waals surface area contributed by atoms with Crippen molar-refractivity contribution in [1.82, 2.24) is 10.6 Å². The minimum atomic E-state index is -0.141. The number of hydrogen-bond acceptors (Lipinski definition) is 3. The smallest absolute Gasteiger partial charge is 0.224 e. The second-order valence-corrected chi connectivity index (χ2v) is 5.55. The number of piperidine rings is 1.